The number of rotatable bonds is 6. The van der Waals surface area contributed by atoms with E-state index in [1.165, 1.54) is 4.90 Å². The number of hydrogen-bond donors (Lipinski definition) is 0. The molecule has 5 rings (SSSR count). The summed E-state index contributed by atoms with van der Waals surface area (Å²) in [6.45, 7) is 2.72. The first-order valence-electron chi connectivity index (χ1n) is 11.4. The number of hydrogen-bond acceptors (Lipinski definition) is 6. The van der Waals surface area contributed by atoms with Crippen LogP contribution in [0.5, 0.6) is 5.75 Å². The summed E-state index contributed by atoms with van der Waals surface area (Å²) in [6, 6.07) is 16.8. The Bertz CT molecular complexity index is 1430. The molecule has 0 unspecified atom stereocenters. The van der Waals surface area contributed by atoms with Crippen LogP contribution in [-0.4, -0.2) is 37.7 Å². The third-order valence-electron chi connectivity index (χ3n) is 6.38. The van der Waals surface area contributed by atoms with E-state index in [1.807, 2.05) is 71.1 Å². The average molecular weight is 483 g/mol. The smallest absolute Gasteiger partial charge is 0.174 e. The zero-order chi connectivity index (χ0) is 24.4. The van der Waals surface area contributed by atoms with Gasteiger partial charge in [0.1, 0.15) is 11.2 Å². The van der Waals surface area contributed by atoms with Crippen molar-refractivity contribution in [3.8, 4) is 17.5 Å². The summed E-state index contributed by atoms with van der Waals surface area (Å²) in [5.41, 5.74) is 3.01. The normalized spacial score (nSPS) is 17.3. The lowest BCUT2D eigenvalue weighted by Crippen LogP contribution is -2.34. The molecule has 0 radical (unpaired) electrons. The maximum atomic E-state index is 10.3. The monoisotopic (exact) mass is 482 g/mol. The van der Waals surface area contributed by atoms with E-state index in [0.29, 0.717) is 11.6 Å². The van der Waals surface area contributed by atoms with Gasteiger partial charge < -0.3 is 9.30 Å². The van der Waals surface area contributed by atoms with Crippen LogP contribution in [0.25, 0.3) is 17.8 Å². The molecule has 0 N–H and O–H groups in total. The topological polar surface area (TPSA) is 81.5 Å². The lowest BCUT2D eigenvalue weighted by Gasteiger charge is -2.30. The minimum absolute atomic E-state index is 0.593. The van der Waals surface area contributed by atoms with Gasteiger partial charge in [-0.2, -0.15) is 10.4 Å². The molecule has 0 spiro atoms. The standard InChI is InChI=1S/C27H26N6OS/c1-19-16-32(18-29-19)23-11-5-20(15-24(23)34-2)6-12-25-30-26-27(17-28,13-4-14-33(26)31-25)21-7-9-22(35-3)10-8-21/h5-12,15-16,18H,4,13-14H2,1-3H3/b12-6+/t27-/m0/s1. The summed E-state index contributed by atoms with van der Waals surface area (Å²) < 4.78 is 9.45. The molecule has 1 aliphatic rings. The molecule has 0 aliphatic carbocycles. The van der Waals surface area contributed by atoms with Crippen LogP contribution in [0.1, 0.15) is 41.3 Å². The quantitative estimate of drug-likeness (QED) is 0.348. The molecule has 2 aromatic heterocycles. The van der Waals surface area contributed by atoms with Crippen LogP contribution in [0.3, 0.4) is 0 Å². The van der Waals surface area contributed by atoms with Crippen molar-refractivity contribution < 1.29 is 4.74 Å². The molecule has 0 bridgehead atoms. The second kappa shape index (κ2) is 9.43. The zero-order valence-corrected chi connectivity index (χ0v) is 20.8. The van der Waals surface area contributed by atoms with Crippen LogP contribution in [0.15, 0.2) is 59.9 Å². The van der Waals surface area contributed by atoms with E-state index in [4.69, 9.17) is 14.8 Å². The molecule has 176 valence electrons. The number of fused-ring (bicyclic) bond motifs is 1. The first kappa shape index (κ1) is 22.9. The molecule has 3 heterocycles. The van der Waals surface area contributed by atoms with Gasteiger partial charge in [0, 0.05) is 17.6 Å². The Kier molecular flexibility index (Phi) is 6.18. The van der Waals surface area contributed by atoms with Gasteiger partial charge in [-0.25, -0.2) is 14.6 Å². The minimum Gasteiger partial charge on any atom is -0.495 e. The number of thioether (sulfide) groups is 1. The number of ether oxygens (including phenoxy) is 1. The number of imidazole rings is 1. The molecule has 2 aromatic carbocycles. The molecule has 4 aromatic rings. The Morgan fingerprint density at radius 3 is 2.69 bits per heavy atom. The number of aryl methyl sites for hydroxylation is 2. The highest BCUT2D eigenvalue weighted by atomic mass is 32.2. The van der Waals surface area contributed by atoms with Gasteiger partial charge in [0.2, 0.25) is 0 Å². The van der Waals surface area contributed by atoms with Crippen LogP contribution in [0.4, 0.5) is 0 Å². The Morgan fingerprint density at radius 1 is 1.17 bits per heavy atom. The molecule has 0 saturated carbocycles. The molecule has 8 heteroatoms. The van der Waals surface area contributed by atoms with E-state index >= 15 is 0 Å². The Morgan fingerprint density at radius 2 is 2.00 bits per heavy atom. The molecular formula is C27H26N6OS. The van der Waals surface area contributed by atoms with E-state index < -0.39 is 5.41 Å². The largest absolute Gasteiger partial charge is 0.495 e. The third-order valence-corrected chi connectivity index (χ3v) is 7.13. The fraction of sp³-hybridized carbons (Fsp3) is 0.259. The maximum Gasteiger partial charge on any atom is 0.174 e. The van der Waals surface area contributed by atoms with E-state index in [9.17, 15) is 5.26 Å². The second-order valence-electron chi connectivity index (χ2n) is 8.55. The Hall–Kier alpha value is -3.83. The molecule has 1 atom stereocenters. The number of benzene rings is 2. The molecule has 35 heavy (non-hydrogen) atoms. The number of aromatic nitrogens is 5. The van der Waals surface area contributed by atoms with Crippen molar-refractivity contribution in [3.63, 3.8) is 0 Å². The summed E-state index contributed by atoms with van der Waals surface area (Å²) in [7, 11) is 1.66. The summed E-state index contributed by atoms with van der Waals surface area (Å²) >= 11 is 1.69. The number of methoxy groups -OCH3 is 1. The lowest BCUT2D eigenvalue weighted by molar-refractivity contribution is 0.393. The summed E-state index contributed by atoms with van der Waals surface area (Å²) in [5, 5.41) is 15.0. The van der Waals surface area contributed by atoms with E-state index in [-0.39, 0.29) is 0 Å². The van der Waals surface area contributed by atoms with Gasteiger partial charge in [-0.15, -0.1) is 11.8 Å². The number of nitrogens with zero attached hydrogens (tertiary/aromatic N) is 6. The van der Waals surface area contributed by atoms with Crippen molar-refractivity contribution in [2.24, 2.45) is 0 Å². The molecule has 0 saturated heterocycles. The molecular weight excluding hydrogens is 456 g/mol. The van der Waals surface area contributed by atoms with Crippen LogP contribution >= 0.6 is 11.8 Å². The highest BCUT2D eigenvalue weighted by Crippen LogP contribution is 2.39. The average Bonchev–Trinajstić information content (AvgIpc) is 3.53. The van der Waals surface area contributed by atoms with Crippen molar-refractivity contribution in [1.29, 1.82) is 5.26 Å². The molecule has 0 fully saturated rings. The van der Waals surface area contributed by atoms with E-state index in [0.717, 1.165) is 47.6 Å². The van der Waals surface area contributed by atoms with E-state index in [1.54, 1.807) is 25.2 Å². The van der Waals surface area contributed by atoms with Gasteiger partial charge in [0.05, 0.1) is 30.9 Å². The van der Waals surface area contributed by atoms with Crippen LogP contribution in [0, 0.1) is 18.3 Å². The Balaban J connectivity index is 1.45. The fourth-order valence-corrected chi connectivity index (χ4v) is 4.97. The van der Waals surface area contributed by atoms with Gasteiger partial charge in [-0.05, 0) is 67.5 Å². The van der Waals surface area contributed by atoms with Crippen LogP contribution in [0.2, 0.25) is 0 Å². The molecule has 0 amide bonds. The van der Waals surface area contributed by atoms with Crippen LogP contribution < -0.4 is 4.74 Å². The SMILES string of the molecule is COc1cc(/C=C/c2nc3n(n2)CCC[C@]3(C#N)c2ccc(SC)cc2)ccc1-n1cnc(C)c1. The molecule has 7 nitrogen and oxygen atoms in total. The second-order valence-corrected chi connectivity index (χ2v) is 9.43. The first-order chi connectivity index (χ1) is 17.1. The predicted octanol–water partition coefficient (Wildman–Crippen LogP) is 5.28. The fourth-order valence-electron chi connectivity index (χ4n) is 4.56. The predicted molar refractivity (Wildman–Crippen MR) is 138 cm³/mol. The summed E-state index contributed by atoms with van der Waals surface area (Å²) in [5.74, 6) is 2.06. The van der Waals surface area contributed by atoms with Gasteiger partial charge in [0.25, 0.3) is 0 Å². The van der Waals surface area contributed by atoms with Crippen molar-refractivity contribution in [1.82, 2.24) is 24.3 Å². The zero-order valence-electron chi connectivity index (χ0n) is 20.0. The summed E-state index contributed by atoms with van der Waals surface area (Å²) in [4.78, 5) is 10.3. The Labute approximate surface area is 209 Å². The van der Waals surface area contributed by atoms with Crippen molar-refractivity contribution in [2.45, 2.75) is 36.6 Å². The van der Waals surface area contributed by atoms with Crippen molar-refractivity contribution in [2.75, 3.05) is 13.4 Å². The van der Waals surface area contributed by atoms with Gasteiger partial charge in [-0.3, -0.25) is 0 Å². The highest BCUT2D eigenvalue weighted by molar-refractivity contribution is 7.98. The first-order valence-corrected chi connectivity index (χ1v) is 12.7. The van der Waals surface area contributed by atoms with Gasteiger partial charge >= 0.3 is 0 Å². The van der Waals surface area contributed by atoms with Crippen molar-refractivity contribution in [3.05, 3.63) is 83.5 Å². The van der Waals surface area contributed by atoms with Gasteiger partial charge in [0.15, 0.2) is 11.6 Å². The summed E-state index contributed by atoms with van der Waals surface area (Å²) in [6.07, 6.45) is 11.3. The van der Waals surface area contributed by atoms with Gasteiger partial charge in [-0.1, -0.05) is 24.3 Å². The third kappa shape index (κ3) is 4.24. The lowest BCUT2D eigenvalue weighted by atomic mass is 9.75. The highest BCUT2D eigenvalue weighted by Gasteiger charge is 2.42. The van der Waals surface area contributed by atoms with E-state index in [2.05, 4.69) is 23.2 Å². The van der Waals surface area contributed by atoms with Crippen molar-refractivity contribution >= 4 is 23.9 Å². The minimum atomic E-state index is -0.790. The molecule has 1 aliphatic heterocycles. The maximum absolute atomic E-state index is 10.3. The number of nitriles is 1. The van der Waals surface area contributed by atoms with Crippen LogP contribution in [-0.2, 0) is 12.0 Å².